The van der Waals surface area contributed by atoms with Crippen molar-refractivity contribution in [1.82, 2.24) is 4.98 Å². The number of hydrogen-bond acceptors (Lipinski definition) is 3. The van der Waals surface area contributed by atoms with Gasteiger partial charge in [-0.25, -0.2) is 4.98 Å². The summed E-state index contributed by atoms with van der Waals surface area (Å²) in [4.78, 5) is 4.16. The van der Waals surface area contributed by atoms with Crippen molar-refractivity contribution in [2.24, 2.45) is 0 Å². The van der Waals surface area contributed by atoms with Gasteiger partial charge in [0.05, 0.1) is 5.03 Å². The summed E-state index contributed by atoms with van der Waals surface area (Å²) in [6, 6.07) is 5.65. The highest BCUT2D eigenvalue weighted by molar-refractivity contribution is 7.99. The number of pyridine rings is 1. The van der Waals surface area contributed by atoms with Crippen molar-refractivity contribution in [3.05, 3.63) is 23.4 Å². The number of hydrogen-bond donors (Lipinski definition) is 0. The number of thioether (sulfide) groups is 1. The van der Waals surface area contributed by atoms with E-state index in [2.05, 4.69) is 4.98 Å². The van der Waals surface area contributed by atoms with Gasteiger partial charge in [-0.2, -0.15) is 0 Å². The zero-order valence-corrected chi connectivity index (χ0v) is 9.07. The summed E-state index contributed by atoms with van der Waals surface area (Å²) in [7, 11) is 1.71. The Morgan fingerprint density at radius 3 is 3.08 bits per heavy atom. The largest absolute Gasteiger partial charge is 0.385 e. The van der Waals surface area contributed by atoms with E-state index < -0.39 is 0 Å². The van der Waals surface area contributed by atoms with Gasteiger partial charge in [0, 0.05) is 19.5 Å². The molecule has 4 heteroatoms. The summed E-state index contributed by atoms with van der Waals surface area (Å²) in [5.74, 6) is 1.02. The third kappa shape index (κ3) is 4.50. The first-order valence-corrected chi connectivity index (χ1v) is 5.43. The Morgan fingerprint density at radius 1 is 1.54 bits per heavy atom. The molecule has 0 bridgehead atoms. The zero-order chi connectivity index (χ0) is 9.52. The highest BCUT2D eigenvalue weighted by Gasteiger charge is 1.95. The molecule has 0 aliphatic heterocycles. The fraction of sp³-hybridized carbons (Fsp3) is 0.444. The van der Waals surface area contributed by atoms with E-state index in [0.717, 1.165) is 23.8 Å². The average molecular weight is 218 g/mol. The molecule has 0 atom stereocenters. The van der Waals surface area contributed by atoms with E-state index in [4.69, 9.17) is 16.3 Å². The molecule has 0 saturated heterocycles. The Labute approximate surface area is 87.7 Å². The maximum atomic E-state index is 5.74. The maximum absolute atomic E-state index is 5.74. The monoisotopic (exact) mass is 217 g/mol. The standard InChI is InChI=1S/C9H12ClNOS/c1-12-6-3-7-13-9-5-2-4-8(10)11-9/h2,4-5H,3,6-7H2,1H3. The third-order valence-electron chi connectivity index (χ3n) is 1.43. The summed E-state index contributed by atoms with van der Waals surface area (Å²) in [6.07, 6.45) is 1.04. The van der Waals surface area contributed by atoms with E-state index in [1.807, 2.05) is 12.1 Å². The highest BCUT2D eigenvalue weighted by atomic mass is 35.5. The van der Waals surface area contributed by atoms with Crippen LogP contribution in [-0.4, -0.2) is 24.5 Å². The van der Waals surface area contributed by atoms with Gasteiger partial charge in [-0.15, -0.1) is 11.8 Å². The molecule has 0 aromatic carbocycles. The van der Waals surface area contributed by atoms with Crippen molar-refractivity contribution < 1.29 is 4.74 Å². The first-order valence-electron chi connectivity index (χ1n) is 4.07. The first kappa shape index (κ1) is 10.8. The second-order valence-corrected chi connectivity index (χ2v) is 4.00. The number of nitrogens with zero attached hydrogens (tertiary/aromatic N) is 1. The van der Waals surface area contributed by atoms with Crippen LogP contribution in [-0.2, 0) is 4.74 Å². The lowest BCUT2D eigenvalue weighted by atomic mass is 10.5. The molecule has 2 nitrogen and oxygen atoms in total. The van der Waals surface area contributed by atoms with Crippen LogP contribution >= 0.6 is 23.4 Å². The van der Waals surface area contributed by atoms with Crippen LogP contribution in [0, 0.1) is 0 Å². The summed E-state index contributed by atoms with van der Waals surface area (Å²) in [5.41, 5.74) is 0. The fourth-order valence-electron chi connectivity index (χ4n) is 0.850. The predicted molar refractivity (Wildman–Crippen MR) is 56.5 cm³/mol. The van der Waals surface area contributed by atoms with Gasteiger partial charge in [-0.3, -0.25) is 0 Å². The molecule has 1 aromatic heterocycles. The lowest BCUT2D eigenvalue weighted by molar-refractivity contribution is 0.200. The van der Waals surface area contributed by atoms with Crippen molar-refractivity contribution in [3.8, 4) is 0 Å². The minimum Gasteiger partial charge on any atom is -0.385 e. The number of aromatic nitrogens is 1. The molecule has 13 heavy (non-hydrogen) atoms. The molecule has 0 saturated carbocycles. The fourth-order valence-corrected chi connectivity index (χ4v) is 1.87. The first-order chi connectivity index (χ1) is 6.33. The van der Waals surface area contributed by atoms with Crippen LogP contribution in [0.1, 0.15) is 6.42 Å². The van der Waals surface area contributed by atoms with Crippen molar-refractivity contribution in [1.29, 1.82) is 0 Å². The molecule has 0 spiro atoms. The molecule has 0 aliphatic rings. The Morgan fingerprint density at radius 2 is 2.38 bits per heavy atom. The third-order valence-corrected chi connectivity index (χ3v) is 2.66. The molecular formula is C9H12ClNOS. The van der Waals surface area contributed by atoms with Crippen molar-refractivity contribution in [3.63, 3.8) is 0 Å². The molecule has 0 N–H and O–H groups in total. The van der Waals surface area contributed by atoms with Crippen LogP contribution in [0.2, 0.25) is 5.15 Å². The Bertz CT molecular complexity index is 257. The second kappa shape index (κ2) is 6.24. The SMILES string of the molecule is COCCCSc1cccc(Cl)n1. The van der Waals surface area contributed by atoms with Gasteiger partial charge in [0.1, 0.15) is 5.15 Å². The topological polar surface area (TPSA) is 22.1 Å². The van der Waals surface area contributed by atoms with Crippen molar-refractivity contribution in [2.45, 2.75) is 11.4 Å². The second-order valence-electron chi connectivity index (χ2n) is 2.49. The zero-order valence-electron chi connectivity index (χ0n) is 7.50. The Balaban J connectivity index is 2.28. The van der Waals surface area contributed by atoms with E-state index in [-0.39, 0.29) is 0 Å². The van der Waals surface area contributed by atoms with E-state index in [9.17, 15) is 0 Å². The van der Waals surface area contributed by atoms with E-state index in [1.54, 1.807) is 24.9 Å². The molecule has 0 radical (unpaired) electrons. The van der Waals surface area contributed by atoms with Gasteiger partial charge in [0.25, 0.3) is 0 Å². The number of methoxy groups -OCH3 is 1. The molecule has 1 aromatic rings. The van der Waals surface area contributed by atoms with Crippen LogP contribution in [0.15, 0.2) is 23.2 Å². The highest BCUT2D eigenvalue weighted by Crippen LogP contribution is 2.17. The minimum absolute atomic E-state index is 0.553. The smallest absolute Gasteiger partial charge is 0.130 e. The molecule has 0 fully saturated rings. The van der Waals surface area contributed by atoms with Crippen LogP contribution in [0.4, 0.5) is 0 Å². The number of ether oxygens (including phenoxy) is 1. The maximum Gasteiger partial charge on any atom is 0.130 e. The van der Waals surface area contributed by atoms with Gasteiger partial charge >= 0.3 is 0 Å². The number of halogens is 1. The normalized spacial score (nSPS) is 10.3. The molecule has 1 rings (SSSR count). The van der Waals surface area contributed by atoms with Crippen LogP contribution in [0.5, 0.6) is 0 Å². The molecule has 0 unspecified atom stereocenters. The minimum atomic E-state index is 0.553. The Hall–Kier alpha value is -0.250. The molecular weight excluding hydrogens is 206 g/mol. The van der Waals surface area contributed by atoms with Crippen LogP contribution in [0.3, 0.4) is 0 Å². The van der Waals surface area contributed by atoms with Gasteiger partial charge in [-0.05, 0) is 18.6 Å². The molecule has 72 valence electrons. The summed E-state index contributed by atoms with van der Waals surface area (Å²) < 4.78 is 4.94. The lowest BCUT2D eigenvalue weighted by Crippen LogP contribution is -1.90. The van der Waals surface area contributed by atoms with Gasteiger partial charge < -0.3 is 4.74 Å². The average Bonchev–Trinajstić information content (AvgIpc) is 2.13. The summed E-state index contributed by atoms with van der Waals surface area (Å²) >= 11 is 7.43. The lowest BCUT2D eigenvalue weighted by Gasteiger charge is -2.00. The van der Waals surface area contributed by atoms with E-state index in [1.165, 1.54) is 0 Å². The van der Waals surface area contributed by atoms with E-state index in [0.29, 0.717) is 5.15 Å². The molecule has 0 aliphatic carbocycles. The van der Waals surface area contributed by atoms with Gasteiger partial charge in [-0.1, -0.05) is 17.7 Å². The van der Waals surface area contributed by atoms with Crippen LogP contribution < -0.4 is 0 Å². The molecule has 1 heterocycles. The number of rotatable bonds is 5. The Kier molecular flexibility index (Phi) is 5.20. The van der Waals surface area contributed by atoms with Crippen molar-refractivity contribution in [2.75, 3.05) is 19.5 Å². The van der Waals surface area contributed by atoms with Gasteiger partial charge in [0.2, 0.25) is 0 Å². The van der Waals surface area contributed by atoms with Gasteiger partial charge in [0.15, 0.2) is 0 Å². The van der Waals surface area contributed by atoms with Crippen molar-refractivity contribution >= 4 is 23.4 Å². The summed E-state index contributed by atoms with van der Waals surface area (Å²) in [5, 5.41) is 1.53. The molecule has 0 amide bonds. The quantitative estimate of drug-likeness (QED) is 0.430. The predicted octanol–water partition coefficient (Wildman–Crippen LogP) is 2.86. The summed E-state index contributed by atoms with van der Waals surface area (Å²) in [6.45, 7) is 0.799. The van der Waals surface area contributed by atoms with Crippen LogP contribution in [0.25, 0.3) is 0 Å². The van der Waals surface area contributed by atoms with E-state index >= 15 is 0 Å².